The van der Waals surface area contributed by atoms with Crippen LogP contribution in [0.3, 0.4) is 0 Å². The maximum atomic E-state index is 11.8. The number of anilines is 1. The molecule has 1 saturated carbocycles. The lowest BCUT2D eigenvalue weighted by molar-refractivity contribution is 0.260. The minimum atomic E-state index is -0.148. The summed E-state index contributed by atoms with van der Waals surface area (Å²) in [6.45, 7) is 0.817. The number of hydrogen-bond donors (Lipinski definition) is 1. The molecule has 0 saturated heterocycles. The average Bonchev–Trinajstić information content (AvgIpc) is 2.91. The number of hydrogen-bond acceptors (Lipinski definition) is 5. The Morgan fingerprint density at radius 3 is 2.91 bits per heavy atom. The van der Waals surface area contributed by atoms with E-state index in [1.165, 1.54) is 52.9 Å². The van der Waals surface area contributed by atoms with Crippen LogP contribution in [0.1, 0.15) is 24.8 Å². The van der Waals surface area contributed by atoms with E-state index in [9.17, 15) is 4.79 Å². The zero-order valence-corrected chi connectivity index (χ0v) is 14.7. The average molecular weight is 391 g/mol. The van der Waals surface area contributed by atoms with E-state index in [4.69, 9.17) is 0 Å². The SMILES string of the molecule is O=c1ccnc2sc(NCC3(c4cccc(Br)c4)CCC3)nn12. The van der Waals surface area contributed by atoms with Crippen LogP contribution in [0.4, 0.5) is 5.13 Å². The molecular formula is C16H15BrN4OS. The third-order valence-corrected chi connectivity index (χ3v) is 5.87. The van der Waals surface area contributed by atoms with Gasteiger partial charge in [0, 0.05) is 28.7 Å². The van der Waals surface area contributed by atoms with Gasteiger partial charge in [-0.25, -0.2) is 4.98 Å². The number of fused-ring (bicyclic) bond motifs is 1. The van der Waals surface area contributed by atoms with Crippen LogP contribution in [0.15, 0.2) is 45.8 Å². The number of halogens is 1. The van der Waals surface area contributed by atoms with Crippen LogP contribution in [0, 0.1) is 0 Å². The first-order valence-electron chi connectivity index (χ1n) is 7.51. The Morgan fingerprint density at radius 1 is 1.35 bits per heavy atom. The lowest BCUT2D eigenvalue weighted by Crippen LogP contribution is -2.41. The van der Waals surface area contributed by atoms with Gasteiger partial charge in [0.15, 0.2) is 0 Å². The molecule has 0 unspecified atom stereocenters. The second kappa shape index (κ2) is 5.72. The molecule has 7 heteroatoms. The van der Waals surface area contributed by atoms with Crippen LogP contribution in [-0.4, -0.2) is 21.1 Å². The van der Waals surface area contributed by atoms with Crippen molar-refractivity contribution in [1.29, 1.82) is 0 Å². The summed E-state index contributed by atoms with van der Waals surface area (Å²) in [5.74, 6) is 0. The molecule has 0 atom stereocenters. The highest BCUT2D eigenvalue weighted by Gasteiger charge is 2.38. The van der Waals surface area contributed by atoms with E-state index in [-0.39, 0.29) is 11.0 Å². The van der Waals surface area contributed by atoms with Crippen LogP contribution in [0.25, 0.3) is 4.96 Å². The second-order valence-electron chi connectivity index (χ2n) is 5.88. The van der Waals surface area contributed by atoms with E-state index >= 15 is 0 Å². The second-order valence-corrected chi connectivity index (χ2v) is 7.75. The third-order valence-electron chi connectivity index (χ3n) is 4.50. The molecular weight excluding hydrogens is 376 g/mol. The summed E-state index contributed by atoms with van der Waals surface area (Å²) in [5.41, 5.74) is 1.35. The Bertz CT molecular complexity index is 916. The lowest BCUT2D eigenvalue weighted by atomic mass is 9.64. The van der Waals surface area contributed by atoms with Crippen LogP contribution in [0.2, 0.25) is 0 Å². The van der Waals surface area contributed by atoms with Gasteiger partial charge in [-0.2, -0.15) is 4.52 Å². The number of benzene rings is 1. The van der Waals surface area contributed by atoms with Crippen LogP contribution in [0.5, 0.6) is 0 Å². The fourth-order valence-corrected chi connectivity index (χ4v) is 4.22. The van der Waals surface area contributed by atoms with Gasteiger partial charge in [-0.1, -0.05) is 45.8 Å². The first-order valence-corrected chi connectivity index (χ1v) is 9.12. The van der Waals surface area contributed by atoms with Crippen molar-refractivity contribution in [2.24, 2.45) is 0 Å². The predicted molar refractivity (Wildman–Crippen MR) is 95.3 cm³/mol. The van der Waals surface area contributed by atoms with E-state index in [2.05, 4.69) is 55.6 Å². The van der Waals surface area contributed by atoms with Crippen LogP contribution in [-0.2, 0) is 5.41 Å². The molecule has 1 fully saturated rings. The molecule has 1 aliphatic carbocycles. The fourth-order valence-electron chi connectivity index (χ4n) is 3.05. The fraction of sp³-hybridized carbons (Fsp3) is 0.312. The first-order chi connectivity index (χ1) is 11.2. The third kappa shape index (κ3) is 2.68. The van der Waals surface area contributed by atoms with Crippen LogP contribution < -0.4 is 10.9 Å². The molecule has 4 rings (SSSR count). The number of nitrogens with zero attached hydrogens (tertiary/aromatic N) is 3. The van der Waals surface area contributed by atoms with Gasteiger partial charge in [0.25, 0.3) is 5.56 Å². The maximum Gasteiger partial charge on any atom is 0.275 e. The quantitative estimate of drug-likeness (QED) is 0.740. The number of nitrogens with one attached hydrogen (secondary N) is 1. The van der Waals surface area contributed by atoms with Gasteiger partial charge in [-0.05, 0) is 30.5 Å². The van der Waals surface area contributed by atoms with Gasteiger partial charge in [0.1, 0.15) is 0 Å². The van der Waals surface area contributed by atoms with E-state index in [0.717, 1.165) is 16.1 Å². The Hall–Kier alpha value is -1.73. The van der Waals surface area contributed by atoms with Gasteiger partial charge >= 0.3 is 0 Å². The summed E-state index contributed by atoms with van der Waals surface area (Å²) in [5, 5.41) is 8.48. The molecule has 3 aromatic rings. The molecule has 1 aromatic carbocycles. The summed E-state index contributed by atoms with van der Waals surface area (Å²) < 4.78 is 2.46. The van der Waals surface area contributed by atoms with Gasteiger partial charge in [0.05, 0.1) is 0 Å². The van der Waals surface area contributed by atoms with Crippen molar-refractivity contribution in [3.63, 3.8) is 0 Å². The van der Waals surface area contributed by atoms with Crippen molar-refractivity contribution in [2.45, 2.75) is 24.7 Å². The Labute approximate surface area is 145 Å². The van der Waals surface area contributed by atoms with E-state index in [1.807, 2.05) is 0 Å². The molecule has 0 bridgehead atoms. The van der Waals surface area contributed by atoms with Crippen molar-refractivity contribution in [3.05, 3.63) is 56.9 Å². The monoisotopic (exact) mass is 390 g/mol. The highest BCUT2D eigenvalue weighted by Crippen LogP contribution is 2.44. The molecule has 0 amide bonds. The molecule has 118 valence electrons. The molecule has 1 aliphatic rings. The summed E-state index contributed by atoms with van der Waals surface area (Å²) in [4.78, 5) is 16.6. The zero-order valence-electron chi connectivity index (χ0n) is 12.3. The summed E-state index contributed by atoms with van der Waals surface area (Å²) in [7, 11) is 0. The Balaban J connectivity index is 1.59. The van der Waals surface area contributed by atoms with Gasteiger partial charge < -0.3 is 5.32 Å². The van der Waals surface area contributed by atoms with Crippen molar-refractivity contribution in [1.82, 2.24) is 14.6 Å². The molecule has 0 aliphatic heterocycles. The maximum absolute atomic E-state index is 11.8. The standard InChI is InChI=1S/C16H15BrN4OS/c17-12-4-1-3-11(9-12)16(6-2-7-16)10-19-14-20-21-13(22)5-8-18-15(21)23-14/h1,3-5,8-9H,2,6-7,10H2,(H,19,20). The smallest absolute Gasteiger partial charge is 0.275 e. The summed E-state index contributed by atoms with van der Waals surface area (Å²) in [6, 6.07) is 9.95. The molecule has 2 heterocycles. The zero-order chi connectivity index (χ0) is 15.9. The minimum absolute atomic E-state index is 0.148. The van der Waals surface area contributed by atoms with E-state index < -0.39 is 0 Å². The van der Waals surface area contributed by atoms with Crippen molar-refractivity contribution >= 4 is 37.4 Å². The van der Waals surface area contributed by atoms with E-state index in [0.29, 0.717) is 4.96 Å². The predicted octanol–water partition coefficient (Wildman–Crippen LogP) is 3.45. The summed E-state index contributed by atoms with van der Waals surface area (Å²) >= 11 is 4.96. The molecule has 0 spiro atoms. The van der Waals surface area contributed by atoms with Crippen molar-refractivity contribution < 1.29 is 0 Å². The topological polar surface area (TPSA) is 59.3 Å². The normalized spacial score (nSPS) is 16.2. The highest BCUT2D eigenvalue weighted by molar-refractivity contribution is 9.10. The Kier molecular flexibility index (Phi) is 3.69. The highest BCUT2D eigenvalue weighted by atomic mass is 79.9. The molecule has 2 aromatic heterocycles. The Morgan fingerprint density at radius 2 is 2.22 bits per heavy atom. The number of aromatic nitrogens is 3. The van der Waals surface area contributed by atoms with Gasteiger partial charge in [-0.15, -0.1) is 5.10 Å². The largest absolute Gasteiger partial charge is 0.359 e. The van der Waals surface area contributed by atoms with Crippen molar-refractivity contribution in [2.75, 3.05) is 11.9 Å². The number of rotatable bonds is 4. The molecule has 23 heavy (non-hydrogen) atoms. The molecule has 5 nitrogen and oxygen atoms in total. The van der Waals surface area contributed by atoms with Gasteiger partial charge in [0.2, 0.25) is 10.1 Å². The summed E-state index contributed by atoms with van der Waals surface area (Å²) in [6.07, 6.45) is 5.10. The lowest BCUT2D eigenvalue weighted by Gasteiger charge is -2.42. The molecule has 0 radical (unpaired) electrons. The first kappa shape index (κ1) is 14.8. The molecule has 1 N–H and O–H groups in total. The van der Waals surface area contributed by atoms with Gasteiger partial charge in [-0.3, -0.25) is 4.79 Å². The van der Waals surface area contributed by atoms with Crippen LogP contribution >= 0.6 is 27.3 Å². The minimum Gasteiger partial charge on any atom is -0.359 e. The van der Waals surface area contributed by atoms with Crippen molar-refractivity contribution in [3.8, 4) is 0 Å². The van der Waals surface area contributed by atoms with E-state index in [1.54, 1.807) is 0 Å².